The highest BCUT2D eigenvalue weighted by atomic mass is 35.5. The van der Waals surface area contributed by atoms with Crippen molar-refractivity contribution in [2.75, 3.05) is 0 Å². The first-order chi connectivity index (χ1) is 7.16. The van der Waals surface area contributed by atoms with E-state index >= 15 is 0 Å². The summed E-state index contributed by atoms with van der Waals surface area (Å²) < 4.78 is 0. The van der Waals surface area contributed by atoms with Crippen LogP contribution in [0.3, 0.4) is 0 Å². The van der Waals surface area contributed by atoms with Crippen molar-refractivity contribution in [3.63, 3.8) is 0 Å². The van der Waals surface area contributed by atoms with E-state index in [-0.39, 0.29) is 11.7 Å². The molecule has 1 atom stereocenters. The zero-order valence-corrected chi connectivity index (χ0v) is 9.05. The van der Waals surface area contributed by atoms with Crippen LogP contribution in [0, 0.1) is 5.41 Å². The zero-order chi connectivity index (χ0) is 10.8. The van der Waals surface area contributed by atoms with Gasteiger partial charge in [0.2, 0.25) is 0 Å². The summed E-state index contributed by atoms with van der Waals surface area (Å²) in [4.78, 5) is 11.4. The minimum atomic E-state index is 0.104. The molecule has 1 aromatic rings. The largest absolute Gasteiger partial charge is 0.309 e. The van der Waals surface area contributed by atoms with E-state index in [4.69, 9.17) is 17.0 Å². The molecule has 0 amide bonds. The van der Waals surface area contributed by atoms with Gasteiger partial charge in [-0.3, -0.25) is 4.79 Å². The lowest BCUT2D eigenvalue weighted by Gasteiger charge is -2.22. The average molecular weight is 222 g/mol. The van der Waals surface area contributed by atoms with Crippen LogP contribution < -0.4 is 0 Å². The van der Waals surface area contributed by atoms with Crippen LogP contribution in [0.4, 0.5) is 0 Å². The molecule has 0 bridgehead atoms. The number of halogens is 1. The maximum Gasteiger partial charge on any atom is 0.139 e. The minimum Gasteiger partial charge on any atom is -0.309 e. The number of hydrogen-bond donors (Lipinski definition) is 1. The molecule has 0 saturated heterocycles. The molecule has 15 heavy (non-hydrogen) atoms. The van der Waals surface area contributed by atoms with Crippen molar-refractivity contribution < 1.29 is 4.79 Å². The number of nitrogens with one attached hydrogen (secondary N) is 1. The molecule has 1 N–H and O–H groups in total. The van der Waals surface area contributed by atoms with Crippen LogP contribution in [-0.2, 0) is 4.79 Å². The Morgan fingerprint density at radius 1 is 1.27 bits per heavy atom. The van der Waals surface area contributed by atoms with Crippen molar-refractivity contribution in [3.8, 4) is 0 Å². The van der Waals surface area contributed by atoms with Gasteiger partial charge in [-0.2, -0.15) is 0 Å². The molecule has 1 fully saturated rings. The lowest BCUT2D eigenvalue weighted by atomic mass is 9.82. The maximum atomic E-state index is 11.4. The Bertz CT molecular complexity index is 398. The van der Waals surface area contributed by atoms with E-state index < -0.39 is 0 Å². The molecule has 0 aromatic heterocycles. The lowest BCUT2D eigenvalue weighted by Crippen LogP contribution is -2.21. The Hall–Kier alpha value is -1.15. The smallest absolute Gasteiger partial charge is 0.139 e. The van der Waals surface area contributed by atoms with Crippen molar-refractivity contribution in [2.45, 2.75) is 25.2 Å². The molecule has 2 nitrogen and oxygen atoms in total. The third-order valence-electron chi connectivity index (χ3n) is 2.72. The molecule has 1 saturated carbocycles. The fourth-order valence-electron chi connectivity index (χ4n) is 2.05. The van der Waals surface area contributed by atoms with Crippen molar-refractivity contribution >= 4 is 23.1 Å². The predicted octanol–water partition coefficient (Wildman–Crippen LogP) is 3.20. The number of carbonyl (C=O) groups is 1. The summed E-state index contributed by atoms with van der Waals surface area (Å²) >= 11 is 6.07. The summed E-state index contributed by atoms with van der Waals surface area (Å²) in [7, 11) is 0. The molecule has 0 heterocycles. The summed E-state index contributed by atoms with van der Waals surface area (Å²) in [6.45, 7) is 0. The predicted molar refractivity (Wildman–Crippen MR) is 60.8 cm³/mol. The molecule has 1 aromatic carbocycles. The van der Waals surface area contributed by atoms with Gasteiger partial charge in [0.1, 0.15) is 5.78 Å². The van der Waals surface area contributed by atoms with Gasteiger partial charge in [0.25, 0.3) is 0 Å². The Morgan fingerprint density at radius 2 is 2.00 bits per heavy atom. The van der Waals surface area contributed by atoms with E-state index in [1.165, 1.54) is 0 Å². The highest BCUT2D eigenvalue weighted by Crippen LogP contribution is 2.33. The highest BCUT2D eigenvalue weighted by Gasteiger charge is 2.25. The first kappa shape index (κ1) is 10.4. The number of hydrogen-bond acceptors (Lipinski definition) is 2. The molecule has 1 aliphatic carbocycles. The maximum absolute atomic E-state index is 11.4. The number of rotatable bonds is 1. The molecule has 1 aliphatic rings. The van der Waals surface area contributed by atoms with Crippen LogP contribution in [0.5, 0.6) is 0 Å². The van der Waals surface area contributed by atoms with Crippen LogP contribution in [0.15, 0.2) is 24.3 Å². The fourth-order valence-corrected chi connectivity index (χ4v) is 2.34. The molecular formula is C12H12ClNO. The van der Waals surface area contributed by atoms with E-state index in [0.717, 1.165) is 5.56 Å². The number of Topliss-reactive ketones (excluding diaryl/α,β-unsaturated/α-hetero) is 1. The Balaban J connectivity index is 2.27. The van der Waals surface area contributed by atoms with Gasteiger partial charge in [-0.05, 0) is 24.0 Å². The molecule has 2 rings (SSSR count). The van der Waals surface area contributed by atoms with Crippen molar-refractivity contribution in [1.29, 1.82) is 5.41 Å². The van der Waals surface area contributed by atoms with Crippen LogP contribution in [0.2, 0.25) is 5.02 Å². The average Bonchev–Trinajstić information content (AvgIpc) is 2.16. The van der Waals surface area contributed by atoms with Gasteiger partial charge in [0.05, 0.1) is 0 Å². The summed E-state index contributed by atoms with van der Waals surface area (Å²) in [5, 5.41) is 8.30. The van der Waals surface area contributed by atoms with E-state index in [2.05, 4.69) is 0 Å². The van der Waals surface area contributed by atoms with E-state index in [0.29, 0.717) is 30.0 Å². The number of ketones is 1. The Labute approximate surface area is 93.8 Å². The number of carbonyl (C=O) groups excluding carboxylic acids is 1. The molecule has 3 heteroatoms. The standard InChI is InChI=1S/C12H12ClNO/c13-12-4-2-1-3-11(12)8-5-9(14)7-10(15)6-8/h1-4,8,14H,5-7H2. The summed E-state index contributed by atoms with van der Waals surface area (Å²) in [5.41, 5.74) is 1.52. The van der Waals surface area contributed by atoms with Gasteiger partial charge < -0.3 is 5.41 Å². The zero-order valence-electron chi connectivity index (χ0n) is 8.29. The third-order valence-corrected chi connectivity index (χ3v) is 3.07. The van der Waals surface area contributed by atoms with Gasteiger partial charge >= 0.3 is 0 Å². The molecule has 0 aliphatic heterocycles. The first-order valence-electron chi connectivity index (χ1n) is 4.99. The molecule has 78 valence electrons. The van der Waals surface area contributed by atoms with Gasteiger partial charge in [-0.25, -0.2) is 0 Å². The lowest BCUT2D eigenvalue weighted by molar-refractivity contribution is -0.118. The summed E-state index contributed by atoms with van der Waals surface area (Å²) in [5.74, 6) is 0.253. The van der Waals surface area contributed by atoms with Gasteiger partial charge in [-0.1, -0.05) is 29.8 Å². The SMILES string of the molecule is N=C1CC(=O)CC(c2ccccc2Cl)C1. The second-order valence-electron chi connectivity index (χ2n) is 3.95. The fraction of sp³-hybridized carbons (Fsp3) is 0.333. The minimum absolute atomic E-state index is 0.104. The van der Waals surface area contributed by atoms with E-state index in [1.807, 2.05) is 24.3 Å². The monoisotopic (exact) mass is 221 g/mol. The van der Waals surface area contributed by atoms with Crippen molar-refractivity contribution in [1.82, 2.24) is 0 Å². The first-order valence-corrected chi connectivity index (χ1v) is 5.37. The Morgan fingerprint density at radius 3 is 2.67 bits per heavy atom. The van der Waals surface area contributed by atoms with Crippen LogP contribution in [0.25, 0.3) is 0 Å². The van der Waals surface area contributed by atoms with Crippen LogP contribution >= 0.6 is 11.6 Å². The second kappa shape index (κ2) is 4.15. The topological polar surface area (TPSA) is 40.9 Å². The summed E-state index contributed by atoms with van der Waals surface area (Å²) in [6.07, 6.45) is 1.50. The Kier molecular flexibility index (Phi) is 2.87. The molecular weight excluding hydrogens is 210 g/mol. The third kappa shape index (κ3) is 2.26. The van der Waals surface area contributed by atoms with Crippen LogP contribution in [-0.4, -0.2) is 11.5 Å². The number of benzene rings is 1. The van der Waals surface area contributed by atoms with Gasteiger partial charge in [0.15, 0.2) is 0 Å². The normalized spacial score (nSPS) is 21.8. The summed E-state index contributed by atoms with van der Waals surface area (Å²) in [6, 6.07) is 7.57. The molecule has 0 radical (unpaired) electrons. The molecule has 0 spiro atoms. The van der Waals surface area contributed by atoms with Gasteiger partial charge in [0, 0.05) is 23.6 Å². The highest BCUT2D eigenvalue weighted by molar-refractivity contribution is 6.31. The van der Waals surface area contributed by atoms with Crippen LogP contribution in [0.1, 0.15) is 30.7 Å². The van der Waals surface area contributed by atoms with E-state index in [1.54, 1.807) is 0 Å². The molecule has 1 unspecified atom stereocenters. The van der Waals surface area contributed by atoms with Gasteiger partial charge in [-0.15, -0.1) is 0 Å². The second-order valence-corrected chi connectivity index (χ2v) is 4.35. The van der Waals surface area contributed by atoms with Crippen molar-refractivity contribution in [3.05, 3.63) is 34.9 Å². The van der Waals surface area contributed by atoms with E-state index in [9.17, 15) is 4.79 Å². The van der Waals surface area contributed by atoms with Crippen molar-refractivity contribution in [2.24, 2.45) is 0 Å². The quantitative estimate of drug-likeness (QED) is 0.778.